The van der Waals surface area contributed by atoms with E-state index in [2.05, 4.69) is 20.3 Å². The molecule has 1 aliphatic carbocycles. The fourth-order valence-corrected chi connectivity index (χ4v) is 4.38. The quantitative estimate of drug-likeness (QED) is 0.413. The number of carbonyl (C=O) groups excluding carboxylic acids is 1. The number of aromatic nitrogens is 5. The van der Waals surface area contributed by atoms with Crippen molar-refractivity contribution >= 4 is 33.7 Å². The van der Waals surface area contributed by atoms with Crippen molar-refractivity contribution in [3.05, 3.63) is 36.3 Å². The zero-order valence-corrected chi connectivity index (χ0v) is 16.8. The van der Waals surface area contributed by atoms with Crippen LogP contribution < -0.4 is 11.1 Å². The Morgan fingerprint density at radius 1 is 1.37 bits per heavy atom. The van der Waals surface area contributed by atoms with Gasteiger partial charge in [-0.3, -0.25) is 4.79 Å². The number of nitrogens with one attached hydrogen (secondary N) is 2. The number of anilines is 1. The molecule has 9 nitrogen and oxygen atoms in total. The summed E-state index contributed by atoms with van der Waals surface area (Å²) in [5.74, 6) is 0.192. The van der Waals surface area contributed by atoms with Crippen LogP contribution in [-0.2, 0) is 0 Å². The van der Waals surface area contributed by atoms with Gasteiger partial charge in [-0.2, -0.15) is 5.10 Å². The number of hydrogen-bond donors (Lipinski definition) is 4. The van der Waals surface area contributed by atoms with Crippen molar-refractivity contribution in [3.63, 3.8) is 0 Å². The molecule has 0 saturated heterocycles. The Bertz CT molecular complexity index is 1290. The number of aliphatic hydroxyl groups is 1. The van der Waals surface area contributed by atoms with E-state index in [4.69, 9.17) is 10.8 Å². The minimum absolute atomic E-state index is 0.0413. The molecule has 4 aromatic rings. The number of rotatable bonds is 3. The van der Waals surface area contributed by atoms with Gasteiger partial charge in [0.15, 0.2) is 5.65 Å². The average Bonchev–Trinajstić information content (AvgIpc) is 3.41. The average molecular weight is 405 g/mol. The van der Waals surface area contributed by atoms with Crippen LogP contribution in [-0.4, -0.2) is 48.4 Å². The lowest BCUT2D eigenvalue weighted by molar-refractivity contribution is 0.0637. The van der Waals surface area contributed by atoms with E-state index >= 15 is 0 Å². The number of amides is 1. The van der Waals surface area contributed by atoms with E-state index in [1.54, 1.807) is 7.05 Å². The smallest absolute Gasteiger partial charge is 0.267 e. The molecule has 1 amide bonds. The molecule has 1 saturated carbocycles. The summed E-state index contributed by atoms with van der Waals surface area (Å²) in [4.78, 5) is 23.7. The molecule has 2 unspecified atom stereocenters. The number of hydrogen-bond acceptors (Lipinski definition) is 6. The van der Waals surface area contributed by atoms with E-state index in [-0.39, 0.29) is 11.9 Å². The summed E-state index contributed by atoms with van der Waals surface area (Å²) in [6.45, 7) is 1.85. The highest BCUT2D eigenvalue weighted by atomic mass is 16.3. The van der Waals surface area contributed by atoms with Gasteiger partial charge in [-0.1, -0.05) is 12.1 Å². The monoisotopic (exact) mass is 405 g/mol. The summed E-state index contributed by atoms with van der Waals surface area (Å²) in [7, 11) is 1.60. The molecule has 154 valence electrons. The normalized spacial score (nSPS) is 21.5. The summed E-state index contributed by atoms with van der Waals surface area (Å²) in [6.07, 6.45) is 3.58. The molecule has 1 aromatic carbocycles. The lowest BCUT2D eigenvalue weighted by Gasteiger charge is -2.16. The zero-order valence-electron chi connectivity index (χ0n) is 16.8. The molecule has 0 aliphatic heterocycles. The van der Waals surface area contributed by atoms with E-state index in [0.29, 0.717) is 41.1 Å². The Morgan fingerprint density at radius 2 is 2.20 bits per heavy atom. The summed E-state index contributed by atoms with van der Waals surface area (Å²) in [5.41, 5.74) is 9.04. The number of benzene rings is 1. The molecule has 9 heteroatoms. The van der Waals surface area contributed by atoms with Crippen LogP contribution in [0.1, 0.15) is 42.7 Å². The van der Waals surface area contributed by atoms with Crippen LogP contribution in [0.4, 0.5) is 5.82 Å². The van der Waals surface area contributed by atoms with Gasteiger partial charge in [-0.15, -0.1) is 0 Å². The van der Waals surface area contributed by atoms with E-state index < -0.39 is 5.60 Å². The molecule has 0 radical (unpaired) electrons. The predicted octanol–water partition coefficient (Wildman–Crippen LogP) is 2.39. The SMILES string of the molecule is CNC(=O)c1cc2ccc(-c3nn(C4CCC(C)(O)C4)c4ncnc(N)c34)cc2[nH]1. The third-order valence-electron chi connectivity index (χ3n) is 5.92. The van der Waals surface area contributed by atoms with Gasteiger partial charge in [-0.25, -0.2) is 14.6 Å². The van der Waals surface area contributed by atoms with Crippen LogP contribution in [0.15, 0.2) is 30.6 Å². The second-order valence-corrected chi connectivity index (χ2v) is 8.21. The highest BCUT2D eigenvalue weighted by Gasteiger charge is 2.36. The fourth-order valence-electron chi connectivity index (χ4n) is 4.38. The number of nitrogen functional groups attached to an aromatic ring is 1. The van der Waals surface area contributed by atoms with Gasteiger partial charge < -0.3 is 21.1 Å². The third-order valence-corrected chi connectivity index (χ3v) is 5.92. The second kappa shape index (κ2) is 6.53. The Hall–Kier alpha value is -3.46. The van der Waals surface area contributed by atoms with Crippen molar-refractivity contribution in [1.82, 2.24) is 30.0 Å². The number of aromatic amines is 1. The fraction of sp³-hybridized carbons (Fsp3) is 0.333. The Kier molecular flexibility index (Phi) is 4.04. The maximum atomic E-state index is 11.9. The number of nitrogens with two attached hydrogens (primary N) is 1. The highest BCUT2D eigenvalue weighted by molar-refractivity contribution is 6.02. The summed E-state index contributed by atoms with van der Waals surface area (Å²) in [6, 6.07) is 7.70. The first-order valence-corrected chi connectivity index (χ1v) is 9.92. The van der Waals surface area contributed by atoms with E-state index in [1.807, 2.05) is 35.9 Å². The van der Waals surface area contributed by atoms with Crippen LogP contribution in [0.5, 0.6) is 0 Å². The minimum atomic E-state index is -0.707. The molecular weight excluding hydrogens is 382 g/mol. The summed E-state index contributed by atoms with van der Waals surface area (Å²) < 4.78 is 1.87. The first-order valence-electron chi connectivity index (χ1n) is 9.92. The predicted molar refractivity (Wildman–Crippen MR) is 114 cm³/mol. The number of H-pyrrole nitrogens is 1. The molecule has 0 bridgehead atoms. The first kappa shape index (κ1) is 18.6. The van der Waals surface area contributed by atoms with Crippen molar-refractivity contribution in [2.45, 2.75) is 37.8 Å². The van der Waals surface area contributed by atoms with Crippen molar-refractivity contribution in [3.8, 4) is 11.3 Å². The van der Waals surface area contributed by atoms with E-state index in [9.17, 15) is 9.90 Å². The number of fused-ring (bicyclic) bond motifs is 2. The first-order chi connectivity index (χ1) is 14.4. The molecule has 1 fully saturated rings. The lowest BCUT2D eigenvalue weighted by atomic mass is 10.1. The van der Waals surface area contributed by atoms with Gasteiger partial charge in [0, 0.05) is 23.5 Å². The van der Waals surface area contributed by atoms with Crippen molar-refractivity contribution in [2.75, 3.05) is 12.8 Å². The summed E-state index contributed by atoms with van der Waals surface area (Å²) >= 11 is 0. The molecule has 3 heterocycles. The number of nitrogens with zero attached hydrogens (tertiary/aromatic N) is 4. The standard InChI is InChI=1S/C21H23N7O2/c1-21(30)6-5-13(9-21)28-19-16(18(22)24-10-25-19)17(27-28)12-4-3-11-7-15(20(29)23-2)26-14(11)8-12/h3-4,7-8,10,13,26,30H,5-6,9H2,1-2H3,(H,23,29)(H2,22,24,25). The molecule has 30 heavy (non-hydrogen) atoms. The van der Waals surface area contributed by atoms with Crippen LogP contribution in [0, 0.1) is 0 Å². The van der Waals surface area contributed by atoms with Crippen LogP contribution in [0.2, 0.25) is 0 Å². The number of carbonyl (C=O) groups is 1. The largest absolute Gasteiger partial charge is 0.390 e. The Balaban J connectivity index is 1.66. The van der Waals surface area contributed by atoms with Gasteiger partial charge >= 0.3 is 0 Å². The maximum absolute atomic E-state index is 11.9. The molecule has 2 atom stereocenters. The second-order valence-electron chi connectivity index (χ2n) is 8.21. The Labute approximate surface area is 172 Å². The van der Waals surface area contributed by atoms with Gasteiger partial charge in [0.25, 0.3) is 5.91 Å². The van der Waals surface area contributed by atoms with Crippen LogP contribution in [0.25, 0.3) is 33.2 Å². The van der Waals surface area contributed by atoms with Gasteiger partial charge in [0.1, 0.15) is 23.5 Å². The van der Waals surface area contributed by atoms with Gasteiger partial charge in [0.05, 0.1) is 17.0 Å². The maximum Gasteiger partial charge on any atom is 0.267 e. The van der Waals surface area contributed by atoms with Crippen molar-refractivity contribution < 1.29 is 9.90 Å². The Morgan fingerprint density at radius 3 is 2.93 bits per heavy atom. The molecular formula is C21H23N7O2. The molecule has 0 spiro atoms. The topological polar surface area (TPSA) is 135 Å². The lowest BCUT2D eigenvalue weighted by Crippen LogP contribution is -2.20. The van der Waals surface area contributed by atoms with Gasteiger partial charge in [-0.05, 0) is 38.3 Å². The highest BCUT2D eigenvalue weighted by Crippen LogP contribution is 2.40. The van der Waals surface area contributed by atoms with Crippen LogP contribution >= 0.6 is 0 Å². The molecule has 1 aliphatic rings. The van der Waals surface area contributed by atoms with Crippen molar-refractivity contribution in [2.24, 2.45) is 0 Å². The third kappa shape index (κ3) is 2.89. The zero-order chi connectivity index (χ0) is 21.0. The minimum Gasteiger partial charge on any atom is -0.390 e. The molecule has 3 aromatic heterocycles. The summed E-state index contributed by atoms with van der Waals surface area (Å²) in [5, 5.41) is 19.5. The molecule has 5 N–H and O–H groups in total. The van der Waals surface area contributed by atoms with Crippen molar-refractivity contribution in [1.29, 1.82) is 0 Å². The van der Waals surface area contributed by atoms with Crippen LogP contribution in [0.3, 0.4) is 0 Å². The van der Waals surface area contributed by atoms with Gasteiger partial charge in [0.2, 0.25) is 0 Å². The molecule has 5 rings (SSSR count). The van der Waals surface area contributed by atoms with E-state index in [1.165, 1.54) is 6.33 Å². The van der Waals surface area contributed by atoms with E-state index in [0.717, 1.165) is 22.9 Å².